The normalized spacial score (nSPS) is 19.0. The van der Waals surface area contributed by atoms with Gasteiger partial charge in [-0.25, -0.2) is 4.79 Å². The van der Waals surface area contributed by atoms with Crippen LogP contribution in [-0.4, -0.2) is 36.2 Å². The number of aliphatic carboxylic acids is 1. The van der Waals surface area contributed by atoms with Crippen LogP contribution in [0.25, 0.3) is 0 Å². The maximum absolute atomic E-state index is 11.7. The van der Waals surface area contributed by atoms with Crippen molar-refractivity contribution in [3.05, 3.63) is 0 Å². The van der Waals surface area contributed by atoms with Gasteiger partial charge in [-0.3, -0.25) is 4.79 Å². The molecule has 0 spiro atoms. The molecule has 1 aliphatic heterocycles. The van der Waals surface area contributed by atoms with Crippen molar-refractivity contribution in [2.75, 3.05) is 13.2 Å². The highest BCUT2D eigenvalue weighted by Crippen LogP contribution is 2.18. The third-order valence-electron chi connectivity index (χ3n) is 3.06. The third-order valence-corrected chi connectivity index (χ3v) is 3.06. The van der Waals surface area contributed by atoms with Crippen molar-refractivity contribution in [1.29, 1.82) is 0 Å². The Morgan fingerprint density at radius 3 is 2.41 bits per heavy atom. The molecule has 1 saturated heterocycles. The van der Waals surface area contributed by atoms with Crippen molar-refractivity contribution in [2.24, 2.45) is 11.8 Å². The van der Waals surface area contributed by atoms with E-state index >= 15 is 0 Å². The minimum Gasteiger partial charge on any atom is -0.480 e. The summed E-state index contributed by atoms with van der Waals surface area (Å²) in [4.78, 5) is 22.6. The second kappa shape index (κ2) is 6.59. The zero-order valence-corrected chi connectivity index (χ0v) is 10.4. The van der Waals surface area contributed by atoms with E-state index in [-0.39, 0.29) is 11.8 Å². The summed E-state index contributed by atoms with van der Waals surface area (Å²) in [6.45, 7) is 4.97. The summed E-state index contributed by atoms with van der Waals surface area (Å²) in [5.74, 6) is -0.921. The monoisotopic (exact) mass is 243 g/mol. The van der Waals surface area contributed by atoms with Gasteiger partial charge in [0.25, 0.3) is 0 Å². The maximum atomic E-state index is 11.7. The zero-order chi connectivity index (χ0) is 12.8. The number of ether oxygens (including phenoxy) is 1. The van der Waals surface area contributed by atoms with Gasteiger partial charge >= 0.3 is 5.97 Å². The van der Waals surface area contributed by atoms with Crippen LogP contribution < -0.4 is 5.32 Å². The highest BCUT2D eigenvalue weighted by Gasteiger charge is 2.25. The minimum absolute atomic E-state index is 0.105. The summed E-state index contributed by atoms with van der Waals surface area (Å²) in [6.07, 6.45) is 2.17. The van der Waals surface area contributed by atoms with E-state index in [1.165, 1.54) is 0 Å². The van der Waals surface area contributed by atoms with Crippen LogP contribution in [0, 0.1) is 11.8 Å². The van der Waals surface area contributed by atoms with Gasteiger partial charge in [0.15, 0.2) is 0 Å². The molecule has 0 aliphatic carbocycles. The number of hydrogen-bond acceptors (Lipinski definition) is 3. The van der Waals surface area contributed by atoms with Crippen molar-refractivity contribution in [3.8, 4) is 0 Å². The molecule has 1 rings (SSSR count). The van der Waals surface area contributed by atoms with Crippen LogP contribution >= 0.6 is 0 Å². The molecule has 0 aromatic carbocycles. The molecular formula is C12H21NO4. The standard InChI is InChI=1S/C12H21NO4/c1-8(2)11(12(15)16)13-10(14)7-9-3-5-17-6-4-9/h8-9,11H,3-7H2,1-2H3,(H,13,14)(H,15,16). The maximum Gasteiger partial charge on any atom is 0.326 e. The Balaban J connectivity index is 2.38. The Kier molecular flexibility index (Phi) is 5.41. The van der Waals surface area contributed by atoms with Crippen LogP contribution in [0.5, 0.6) is 0 Å². The lowest BCUT2D eigenvalue weighted by Gasteiger charge is -2.23. The van der Waals surface area contributed by atoms with E-state index in [9.17, 15) is 9.59 Å². The van der Waals surface area contributed by atoms with Crippen molar-refractivity contribution in [2.45, 2.75) is 39.2 Å². The van der Waals surface area contributed by atoms with Gasteiger partial charge in [0, 0.05) is 19.6 Å². The second-order valence-electron chi connectivity index (χ2n) is 4.89. The number of carboxylic acids is 1. The van der Waals surface area contributed by atoms with E-state index in [2.05, 4.69) is 5.32 Å². The summed E-state index contributed by atoms with van der Waals surface area (Å²) in [6, 6.07) is -0.789. The summed E-state index contributed by atoms with van der Waals surface area (Å²) in [7, 11) is 0. The molecule has 1 amide bonds. The first kappa shape index (κ1) is 14.0. The molecule has 1 aliphatic rings. The fraction of sp³-hybridized carbons (Fsp3) is 0.833. The quantitative estimate of drug-likeness (QED) is 0.756. The molecule has 1 atom stereocenters. The SMILES string of the molecule is CC(C)C(NC(=O)CC1CCOCC1)C(=O)O. The summed E-state index contributed by atoms with van der Waals surface area (Å²) >= 11 is 0. The lowest BCUT2D eigenvalue weighted by atomic mass is 9.95. The van der Waals surface area contributed by atoms with Gasteiger partial charge in [0.2, 0.25) is 5.91 Å². The molecule has 5 heteroatoms. The Morgan fingerprint density at radius 2 is 1.94 bits per heavy atom. The van der Waals surface area contributed by atoms with E-state index in [1.807, 2.05) is 0 Å². The highest BCUT2D eigenvalue weighted by atomic mass is 16.5. The van der Waals surface area contributed by atoms with Crippen LogP contribution in [0.2, 0.25) is 0 Å². The average molecular weight is 243 g/mol. The fourth-order valence-electron chi connectivity index (χ4n) is 1.96. The number of hydrogen-bond donors (Lipinski definition) is 2. The molecule has 17 heavy (non-hydrogen) atoms. The molecule has 1 unspecified atom stereocenters. The molecule has 2 N–H and O–H groups in total. The van der Waals surface area contributed by atoms with E-state index in [4.69, 9.17) is 9.84 Å². The molecule has 0 saturated carbocycles. The second-order valence-corrected chi connectivity index (χ2v) is 4.89. The number of rotatable bonds is 5. The average Bonchev–Trinajstić information content (AvgIpc) is 2.26. The smallest absolute Gasteiger partial charge is 0.326 e. The van der Waals surface area contributed by atoms with Crippen LogP contribution in [0.3, 0.4) is 0 Å². The molecule has 98 valence electrons. The number of carboxylic acid groups (broad SMARTS) is 1. The van der Waals surface area contributed by atoms with Gasteiger partial charge < -0.3 is 15.2 Å². The lowest BCUT2D eigenvalue weighted by Crippen LogP contribution is -2.45. The van der Waals surface area contributed by atoms with E-state index < -0.39 is 12.0 Å². The molecule has 0 aromatic rings. The number of amides is 1. The first-order valence-corrected chi connectivity index (χ1v) is 6.10. The molecular weight excluding hydrogens is 222 g/mol. The van der Waals surface area contributed by atoms with Gasteiger partial charge in [0.1, 0.15) is 6.04 Å². The van der Waals surface area contributed by atoms with Crippen LogP contribution in [-0.2, 0) is 14.3 Å². The first-order chi connectivity index (χ1) is 8.00. The molecule has 5 nitrogen and oxygen atoms in total. The topological polar surface area (TPSA) is 75.6 Å². The third kappa shape index (κ3) is 4.73. The Hall–Kier alpha value is -1.10. The fourth-order valence-corrected chi connectivity index (χ4v) is 1.96. The van der Waals surface area contributed by atoms with Crippen LogP contribution in [0.4, 0.5) is 0 Å². The number of carbonyl (C=O) groups is 2. The van der Waals surface area contributed by atoms with E-state index in [0.717, 1.165) is 12.8 Å². The molecule has 1 heterocycles. The summed E-state index contributed by atoms with van der Waals surface area (Å²) in [5, 5.41) is 11.5. The molecule has 0 aromatic heterocycles. The Morgan fingerprint density at radius 1 is 1.35 bits per heavy atom. The van der Waals surface area contributed by atoms with Crippen molar-refractivity contribution in [3.63, 3.8) is 0 Å². The summed E-state index contributed by atoms with van der Waals surface area (Å²) < 4.78 is 5.21. The van der Waals surface area contributed by atoms with Gasteiger partial charge in [-0.15, -0.1) is 0 Å². The number of nitrogens with one attached hydrogen (secondary N) is 1. The Bertz CT molecular complexity index is 272. The zero-order valence-electron chi connectivity index (χ0n) is 10.4. The van der Waals surface area contributed by atoms with Crippen molar-refractivity contribution in [1.82, 2.24) is 5.32 Å². The minimum atomic E-state index is -0.972. The van der Waals surface area contributed by atoms with Gasteiger partial charge in [-0.2, -0.15) is 0 Å². The van der Waals surface area contributed by atoms with Crippen LogP contribution in [0.1, 0.15) is 33.1 Å². The predicted molar refractivity (Wildman–Crippen MR) is 62.6 cm³/mol. The molecule has 0 bridgehead atoms. The number of carbonyl (C=O) groups excluding carboxylic acids is 1. The van der Waals surface area contributed by atoms with Gasteiger partial charge in [0.05, 0.1) is 0 Å². The Labute approximate surface area is 102 Å². The lowest BCUT2D eigenvalue weighted by molar-refractivity contribution is -0.143. The predicted octanol–water partition coefficient (Wildman–Crippen LogP) is 1.03. The molecule has 1 fully saturated rings. The first-order valence-electron chi connectivity index (χ1n) is 6.10. The van der Waals surface area contributed by atoms with Gasteiger partial charge in [-0.1, -0.05) is 13.8 Å². The van der Waals surface area contributed by atoms with E-state index in [0.29, 0.717) is 25.6 Å². The van der Waals surface area contributed by atoms with E-state index in [1.54, 1.807) is 13.8 Å². The van der Waals surface area contributed by atoms with Crippen molar-refractivity contribution < 1.29 is 19.4 Å². The van der Waals surface area contributed by atoms with Crippen LogP contribution in [0.15, 0.2) is 0 Å². The largest absolute Gasteiger partial charge is 0.480 e. The highest BCUT2D eigenvalue weighted by molar-refractivity contribution is 5.83. The van der Waals surface area contributed by atoms with Crippen molar-refractivity contribution >= 4 is 11.9 Å². The van der Waals surface area contributed by atoms with Gasteiger partial charge in [-0.05, 0) is 24.7 Å². The molecule has 0 radical (unpaired) electrons. The summed E-state index contributed by atoms with van der Waals surface area (Å²) in [5.41, 5.74) is 0.